The second kappa shape index (κ2) is 6.39. The number of hydrogen-bond donors (Lipinski definition) is 0. The fourth-order valence-corrected chi connectivity index (χ4v) is 1.74. The van der Waals surface area contributed by atoms with Crippen LogP contribution in [0.3, 0.4) is 0 Å². The average molecular weight is 316 g/mol. The standard InChI is InChI=1S/C13H8N4O6/c18-15(19)10-3-1-2-9(6-10)8-14-12-5-4-11(16(20)21)7-13(12)17(22)23/h1-8H. The zero-order valence-electron chi connectivity index (χ0n) is 11.4. The molecule has 2 aromatic carbocycles. The summed E-state index contributed by atoms with van der Waals surface area (Å²) >= 11 is 0. The zero-order chi connectivity index (χ0) is 17.0. The molecule has 0 unspecified atom stereocenters. The summed E-state index contributed by atoms with van der Waals surface area (Å²) in [4.78, 5) is 34.1. The van der Waals surface area contributed by atoms with Crippen molar-refractivity contribution in [3.05, 3.63) is 78.4 Å². The third kappa shape index (κ3) is 3.69. The Kier molecular flexibility index (Phi) is 4.36. The smallest absolute Gasteiger partial charge is 0.258 e. The molecule has 0 radical (unpaired) electrons. The van der Waals surface area contributed by atoms with Crippen molar-refractivity contribution in [3.8, 4) is 0 Å². The molecule has 0 atom stereocenters. The molecule has 0 aromatic heterocycles. The Balaban J connectivity index is 2.39. The van der Waals surface area contributed by atoms with E-state index in [2.05, 4.69) is 4.99 Å². The van der Waals surface area contributed by atoms with E-state index < -0.39 is 26.1 Å². The minimum absolute atomic E-state index is 0.0906. The Bertz CT molecular complexity index is 833. The van der Waals surface area contributed by atoms with Gasteiger partial charge in [-0.15, -0.1) is 0 Å². The SMILES string of the molecule is O=[N+]([O-])c1cccc(C=Nc2ccc([N+](=O)[O-])cc2[N+](=O)[O-])c1. The van der Waals surface area contributed by atoms with Crippen molar-refractivity contribution in [3.63, 3.8) is 0 Å². The lowest BCUT2D eigenvalue weighted by atomic mass is 10.2. The molecule has 0 heterocycles. The first-order chi connectivity index (χ1) is 10.9. The monoisotopic (exact) mass is 316 g/mol. The van der Waals surface area contributed by atoms with Crippen LogP contribution in [-0.2, 0) is 0 Å². The lowest BCUT2D eigenvalue weighted by Crippen LogP contribution is -1.93. The fraction of sp³-hybridized carbons (Fsp3) is 0. The summed E-state index contributed by atoms with van der Waals surface area (Å²) in [6.07, 6.45) is 1.21. The molecule has 23 heavy (non-hydrogen) atoms. The van der Waals surface area contributed by atoms with Crippen molar-refractivity contribution < 1.29 is 14.8 Å². The number of non-ortho nitro benzene ring substituents is 2. The number of benzene rings is 2. The van der Waals surface area contributed by atoms with Crippen LogP contribution in [0.15, 0.2) is 47.5 Å². The van der Waals surface area contributed by atoms with Gasteiger partial charge >= 0.3 is 5.69 Å². The van der Waals surface area contributed by atoms with Crippen molar-refractivity contribution in [2.24, 2.45) is 4.99 Å². The molecule has 0 aliphatic heterocycles. The van der Waals surface area contributed by atoms with E-state index in [0.717, 1.165) is 18.2 Å². The van der Waals surface area contributed by atoms with Crippen LogP contribution in [0.4, 0.5) is 22.7 Å². The van der Waals surface area contributed by atoms with E-state index in [1.807, 2.05) is 0 Å². The van der Waals surface area contributed by atoms with E-state index in [4.69, 9.17) is 0 Å². The van der Waals surface area contributed by atoms with E-state index in [9.17, 15) is 30.3 Å². The number of aliphatic imine (C=N–C) groups is 1. The molecule has 10 heteroatoms. The molecule has 0 bridgehead atoms. The number of rotatable bonds is 5. The average Bonchev–Trinajstić information content (AvgIpc) is 2.52. The highest BCUT2D eigenvalue weighted by Gasteiger charge is 2.18. The second-order valence-electron chi connectivity index (χ2n) is 4.30. The lowest BCUT2D eigenvalue weighted by Gasteiger charge is -1.98. The highest BCUT2D eigenvalue weighted by molar-refractivity contribution is 5.84. The Morgan fingerprint density at radius 1 is 0.826 bits per heavy atom. The minimum atomic E-state index is -0.785. The predicted octanol–water partition coefficient (Wildman–Crippen LogP) is 3.16. The molecule has 0 aliphatic rings. The Morgan fingerprint density at radius 3 is 2.09 bits per heavy atom. The Hall–Kier alpha value is -3.69. The molecule has 0 fully saturated rings. The van der Waals surface area contributed by atoms with Crippen molar-refractivity contribution >= 4 is 29.0 Å². The molecule has 0 N–H and O–H groups in total. The predicted molar refractivity (Wildman–Crippen MR) is 80.1 cm³/mol. The summed E-state index contributed by atoms with van der Waals surface area (Å²) in [6.45, 7) is 0. The molecule has 0 aliphatic carbocycles. The maximum Gasteiger partial charge on any atom is 0.301 e. The molecule has 0 amide bonds. The first-order valence-corrected chi connectivity index (χ1v) is 6.10. The van der Waals surface area contributed by atoms with Gasteiger partial charge in [-0.25, -0.2) is 4.99 Å². The second-order valence-corrected chi connectivity index (χ2v) is 4.30. The Labute approximate surface area is 128 Å². The molecular weight excluding hydrogens is 308 g/mol. The van der Waals surface area contributed by atoms with Crippen molar-refractivity contribution in [2.45, 2.75) is 0 Å². The molecule has 0 saturated heterocycles. The van der Waals surface area contributed by atoms with Gasteiger partial charge in [0.15, 0.2) is 0 Å². The van der Waals surface area contributed by atoms with Crippen LogP contribution < -0.4 is 0 Å². The van der Waals surface area contributed by atoms with E-state index in [-0.39, 0.29) is 11.4 Å². The van der Waals surface area contributed by atoms with Gasteiger partial charge in [-0.1, -0.05) is 12.1 Å². The van der Waals surface area contributed by atoms with Crippen molar-refractivity contribution in [1.29, 1.82) is 0 Å². The largest absolute Gasteiger partial charge is 0.301 e. The van der Waals surface area contributed by atoms with Crippen LogP contribution in [0.1, 0.15) is 5.56 Å². The van der Waals surface area contributed by atoms with Gasteiger partial charge < -0.3 is 0 Å². The third-order valence-corrected chi connectivity index (χ3v) is 2.80. The summed E-state index contributed by atoms with van der Waals surface area (Å²) in [6, 6.07) is 8.57. The van der Waals surface area contributed by atoms with E-state index in [0.29, 0.717) is 5.56 Å². The summed E-state index contributed by atoms with van der Waals surface area (Å²) < 4.78 is 0. The van der Waals surface area contributed by atoms with Gasteiger partial charge in [-0.3, -0.25) is 30.3 Å². The summed E-state index contributed by atoms with van der Waals surface area (Å²) in [5.41, 5.74) is -0.821. The molecule has 116 valence electrons. The molecule has 2 aromatic rings. The normalized spacial score (nSPS) is 10.6. The maximum atomic E-state index is 11.0. The first-order valence-electron chi connectivity index (χ1n) is 6.10. The van der Waals surface area contributed by atoms with Crippen LogP contribution in [-0.4, -0.2) is 21.0 Å². The lowest BCUT2D eigenvalue weighted by molar-refractivity contribution is -0.393. The third-order valence-electron chi connectivity index (χ3n) is 2.80. The van der Waals surface area contributed by atoms with Crippen LogP contribution in [0.2, 0.25) is 0 Å². The highest BCUT2D eigenvalue weighted by Crippen LogP contribution is 2.31. The van der Waals surface area contributed by atoms with E-state index in [1.54, 1.807) is 0 Å². The molecule has 0 saturated carbocycles. The number of nitro benzene ring substituents is 3. The minimum Gasteiger partial charge on any atom is -0.258 e. The van der Waals surface area contributed by atoms with Gasteiger partial charge in [-0.2, -0.15) is 0 Å². The van der Waals surface area contributed by atoms with E-state index >= 15 is 0 Å². The number of hydrogen-bond acceptors (Lipinski definition) is 7. The van der Waals surface area contributed by atoms with Gasteiger partial charge in [0.05, 0.1) is 20.8 Å². The van der Waals surface area contributed by atoms with Crippen LogP contribution in [0, 0.1) is 30.3 Å². The van der Waals surface area contributed by atoms with Crippen molar-refractivity contribution in [1.82, 2.24) is 0 Å². The highest BCUT2D eigenvalue weighted by atomic mass is 16.6. The van der Waals surface area contributed by atoms with Crippen LogP contribution in [0.25, 0.3) is 0 Å². The quantitative estimate of drug-likeness (QED) is 0.471. The van der Waals surface area contributed by atoms with Gasteiger partial charge in [0.2, 0.25) is 0 Å². The van der Waals surface area contributed by atoms with E-state index in [1.165, 1.54) is 30.5 Å². The molecule has 2 rings (SSSR count). The zero-order valence-corrected chi connectivity index (χ0v) is 11.4. The molecular formula is C13H8N4O6. The fourth-order valence-electron chi connectivity index (χ4n) is 1.74. The van der Waals surface area contributed by atoms with Gasteiger partial charge in [0.25, 0.3) is 11.4 Å². The summed E-state index contributed by atoms with van der Waals surface area (Å²) in [5, 5.41) is 32.3. The van der Waals surface area contributed by atoms with Crippen LogP contribution in [0.5, 0.6) is 0 Å². The van der Waals surface area contributed by atoms with Gasteiger partial charge in [-0.05, 0) is 11.6 Å². The maximum absolute atomic E-state index is 11.0. The molecule has 0 spiro atoms. The van der Waals surface area contributed by atoms with Gasteiger partial charge in [0, 0.05) is 24.4 Å². The first kappa shape index (κ1) is 15.7. The van der Waals surface area contributed by atoms with Crippen molar-refractivity contribution in [2.75, 3.05) is 0 Å². The summed E-state index contributed by atoms with van der Waals surface area (Å²) in [7, 11) is 0. The number of nitro groups is 3. The molecule has 10 nitrogen and oxygen atoms in total. The van der Waals surface area contributed by atoms with Gasteiger partial charge in [0.1, 0.15) is 5.69 Å². The van der Waals surface area contributed by atoms with Crippen LogP contribution >= 0.6 is 0 Å². The Morgan fingerprint density at radius 2 is 1.48 bits per heavy atom. The number of nitrogens with zero attached hydrogens (tertiary/aromatic N) is 4. The topological polar surface area (TPSA) is 142 Å². The summed E-state index contributed by atoms with van der Waals surface area (Å²) in [5.74, 6) is 0.